The Morgan fingerprint density at radius 2 is 0.812 bits per heavy atom. The van der Waals surface area contributed by atoms with Gasteiger partial charge in [-0.1, -0.05) is 12.1 Å². The van der Waals surface area contributed by atoms with Crippen LogP contribution in [0, 0.1) is 0 Å². The Morgan fingerprint density at radius 3 is 1.09 bits per heavy atom. The van der Waals surface area contributed by atoms with Crippen LogP contribution in [0.2, 0.25) is 0 Å². The van der Waals surface area contributed by atoms with Gasteiger partial charge in [-0.05, 0) is 78.3 Å². The molecule has 8 heteroatoms. The maximum atomic E-state index is 6.29. The number of ether oxygens (including phenoxy) is 2. The summed E-state index contributed by atoms with van der Waals surface area (Å²) in [6, 6.07) is 8.10. The number of hydrogen-bond donors (Lipinski definition) is 0. The minimum atomic E-state index is -0.526. The lowest BCUT2D eigenvalue weighted by molar-refractivity contribution is 0.00578. The summed E-state index contributed by atoms with van der Waals surface area (Å²) in [5, 5.41) is 1.99. The highest BCUT2D eigenvalue weighted by Crippen LogP contribution is 2.39. The third kappa shape index (κ3) is 3.61. The molecule has 0 saturated carbocycles. The Balaban J connectivity index is 1.81. The average Bonchev–Trinajstić information content (AvgIpc) is 3.05. The van der Waals surface area contributed by atoms with Gasteiger partial charge in [-0.2, -0.15) is 0 Å². The van der Waals surface area contributed by atoms with Crippen LogP contribution >= 0.6 is 0 Å². The van der Waals surface area contributed by atoms with Crippen LogP contribution in [0.1, 0.15) is 55.4 Å². The zero-order valence-electron chi connectivity index (χ0n) is 20.9. The van der Waals surface area contributed by atoms with Crippen molar-refractivity contribution >= 4 is 35.9 Å². The van der Waals surface area contributed by atoms with E-state index in [0.29, 0.717) is 11.5 Å². The molecule has 2 fully saturated rings. The van der Waals surface area contributed by atoms with Gasteiger partial charge in [-0.15, -0.1) is 0 Å². The highest BCUT2D eigenvalue weighted by atomic mass is 16.7. The lowest BCUT2D eigenvalue weighted by Gasteiger charge is -2.32. The molecule has 2 aliphatic heterocycles. The monoisotopic (exact) mass is 440 g/mol. The van der Waals surface area contributed by atoms with E-state index in [4.69, 9.17) is 28.1 Å². The molecule has 2 aromatic rings. The summed E-state index contributed by atoms with van der Waals surface area (Å²) in [5.41, 5.74) is -0.0551. The van der Waals surface area contributed by atoms with Crippen molar-refractivity contribution in [2.45, 2.75) is 77.8 Å². The molecule has 172 valence electrons. The van der Waals surface area contributed by atoms with Crippen molar-refractivity contribution in [1.29, 1.82) is 0 Å². The zero-order chi connectivity index (χ0) is 23.7. The van der Waals surface area contributed by atoms with Gasteiger partial charge >= 0.3 is 14.2 Å². The third-order valence-corrected chi connectivity index (χ3v) is 7.55. The first-order chi connectivity index (χ1) is 14.7. The van der Waals surface area contributed by atoms with E-state index in [2.05, 4.69) is 12.1 Å². The Morgan fingerprint density at radius 1 is 0.531 bits per heavy atom. The van der Waals surface area contributed by atoms with Gasteiger partial charge in [0.1, 0.15) is 11.5 Å². The molecule has 0 bridgehead atoms. The molecular weight excluding hydrogens is 406 g/mol. The SMILES string of the molecule is COc1cc2cc(OC)c(B3OC(C)(C)C(C)(C)O3)cc2cc1B1OC(C)(C)C(C)(C)O1. The van der Waals surface area contributed by atoms with Crippen molar-refractivity contribution in [2.24, 2.45) is 0 Å². The molecule has 2 aromatic carbocycles. The molecule has 2 aliphatic rings. The quantitative estimate of drug-likeness (QED) is 0.680. The lowest BCUT2D eigenvalue weighted by Crippen LogP contribution is -2.41. The van der Waals surface area contributed by atoms with Gasteiger partial charge in [0.05, 0.1) is 36.6 Å². The fraction of sp³-hybridized carbons (Fsp3) is 0.583. The van der Waals surface area contributed by atoms with E-state index in [1.54, 1.807) is 14.2 Å². The molecule has 6 nitrogen and oxygen atoms in total. The molecular formula is C24H34B2O6. The van der Waals surface area contributed by atoms with Crippen LogP contribution in [-0.4, -0.2) is 50.9 Å². The van der Waals surface area contributed by atoms with Crippen LogP contribution in [0.5, 0.6) is 11.5 Å². The Kier molecular flexibility index (Phi) is 5.41. The fourth-order valence-electron chi connectivity index (χ4n) is 4.01. The molecule has 0 radical (unpaired) electrons. The average molecular weight is 440 g/mol. The van der Waals surface area contributed by atoms with Crippen LogP contribution in [0.4, 0.5) is 0 Å². The van der Waals surface area contributed by atoms with E-state index in [-0.39, 0.29) is 0 Å². The second-order valence-electron chi connectivity index (χ2n) is 10.7. The molecule has 0 amide bonds. The van der Waals surface area contributed by atoms with Gasteiger partial charge in [-0.3, -0.25) is 0 Å². The fourth-order valence-corrected chi connectivity index (χ4v) is 4.01. The van der Waals surface area contributed by atoms with E-state index in [1.165, 1.54) is 0 Å². The normalized spacial score (nSPS) is 23.1. The maximum absolute atomic E-state index is 6.29. The molecule has 2 heterocycles. The van der Waals surface area contributed by atoms with Crippen molar-refractivity contribution in [3.05, 3.63) is 24.3 Å². The molecule has 0 unspecified atom stereocenters. The highest BCUT2D eigenvalue weighted by Gasteiger charge is 2.54. The Hall–Kier alpha value is -1.73. The summed E-state index contributed by atoms with van der Waals surface area (Å²) in [6.07, 6.45) is 0. The van der Waals surface area contributed by atoms with Crippen molar-refractivity contribution in [2.75, 3.05) is 14.2 Å². The van der Waals surface area contributed by atoms with Crippen LogP contribution in [0.25, 0.3) is 10.8 Å². The van der Waals surface area contributed by atoms with Gasteiger partial charge in [0.2, 0.25) is 0 Å². The van der Waals surface area contributed by atoms with E-state index < -0.39 is 36.6 Å². The van der Waals surface area contributed by atoms with Crippen LogP contribution in [-0.2, 0) is 18.6 Å². The second kappa shape index (κ2) is 7.39. The number of rotatable bonds is 4. The van der Waals surface area contributed by atoms with E-state index in [1.807, 2.05) is 67.5 Å². The lowest BCUT2D eigenvalue weighted by atomic mass is 9.74. The Labute approximate surface area is 192 Å². The third-order valence-electron chi connectivity index (χ3n) is 7.55. The summed E-state index contributed by atoms with van der Waals surface area (Å²) in [5.74, 6) is 1.42. The standard InChI is InChI=1S/C24H34B2O6/c1-21(2)22(3,4)30-25(29-21)17-11-15-12-18(26-31-23(5,6)24(7,8)32-26)20(28-10)14-16(15)13-19(17)27-9/h11-14H,1-10H3. The molecule has 0 atom stereocenters. The minimum absolute atomic E-state index is 0.439. The minimum Gasteiger partial charge on any atom is -0.497 e. The zero-order valence-corrected chi connectivity index (χ0v) is 20.9. The molecule has 4 rings (SSSR count). The predicted octanol–water partition coefficient (Wildman–Crippen LogP) is 3.46. The summed E-state index contributed by atoms with van der Waals surface area (Å²) >= 11 is 0. The summed E-state index contributed by atoms with van der Waals surface area (Å²) in [7, 11) is 2.26. The van der Waals surface area contributed by atoms with Gasteiger partial charge in [0.25, 0.3) is 0 Å². The number of fused-ring (bicyclic) bond motifs is 1. The highest BCUT2D eigenvalue weighted by molar-refractivity contribution is 6.64. The van der Waals surface area contributed by atoms with Crippen molar-refractivity contribution < 1.29 is 28.1 Å². The van der Waals surface area contributed by atoms with Crippen molar-refractivity contribution in [3.63, 3.8) is 0 Å². The van der Waals surface area contributed by atoms with Crippen LogP contribution in [0.3, 0.4) is 0 Å². The molecule has 0 N–H and O–H groups in total. The summed E-state index contributed by atoms with van der Waals surface area (Å²) < 4.78 is 36.6. The van der Waals surface area contributed by atoms with Gasteiger partial charge in [-0.25, -0.2) is 0 Å². The number of methoxy groups -OCH3 is 2. The van der Waals surface area contributed by atoms with Gasteiger partial charge < -0.3 is 28.1 Å². The molecule has 32 heavy (non-hydrogen) atoms. The molecule has 0 aliphatic carbocycles. The predicted molar refractivity (Wildman–Crippen MR) is 128 cm³/mol. The van der Waals surface area contributed by atoms with Crippen LogP contribution < -0.4 is 20.4 Å². The van der Waals surface area contributed by atoms with E-state index in [0.717, 1.165) is 21.7 Å². The summed E-state index contributed by atoms with van der Waals surface area (Å²) in [6.45, 7) is 16.3. The van der Waals surface area contributed by atoms with E-state index >= 15 is 0 Å². The second-order valence-corrected chi connectivity index (χ2v) is 10.7. The number of hydrogen-bond acceptors (Lipinski definition) is 6. The first-order valence-electron chi connectivity index (χ1n) is 11.1. The first kappa shape index (κ1) is 23.4. The summed E-state index contributed by atoms with van der Waals surface area (Å²) in [4.78, 5) is 0. The smallest absolute Gasteiger partial charge is 0.497 e. The largest absolute Gasteiger partial charge is 0.498 e. The van der Waals surface area contributed by atoms with Crippen molar-refractivity contribution in [3.8, 4) is 11.5 Å². The molecule has 0 spiro atoms. The van der Waals surface area contributed by atoms with Crippen LogP contribution in [0.15, 0.2) is 24.3 Å². The van der Waals surface area contributed by atoms with Gasteiger partial charge in [0.15, 0.2) is 0 Å². The van der Waals surface area contributed by atoms with E-state index in [9.17, 15) is 0 Å². The maximum Gasteiger partial charge on any atom is 0.498 e. The molecule has 2 saturated heterocycles. The first-order valence-corrected chi connectivity index (χ1v) is 11.1. The topological polar surface area (TPSA) is 55.4 Å². The molecule has 0 aromatic heterocycles. The van der Waals surface area contributed by atoms with Crippen molar-refractivity contribution in [1.82, 2.24) is 0 Å². The Bertz CT molecular complexity index is 936. The number of benzene rings is 2. The van der Waals surface area contributed by atoms with Gasteiger partial charge in [0, 0.05) is 10.9 Å².